The summed E-state index contributed by atoms with van der Waals surface area (Å²) in [5.41, 5.74) is 4.32. The summed E-state index contributed by atoms with van der Waals surface area (Å²) in [6, 6.07) is 13.2. The number of methoxy groups -OCH3 is 1. The fourth-order valence-corrected chi connectivity index (χ4v) is 3.39. The lowest BCUT2D eigenvalue weighted by Gasteiger charge is -2.11. The van der Waals surface area contributed by atoms with Crippen molar-refractivity contribution < 1.29 is 9.13 Å². The van der Waals surface area contributed by atoms with Gasteiger partial charge in [0.2, 0.25) is 0 Å². The molecule has 3 aromatic rings. The minimum absolute atomic E-state index is 0.251. The molecule has 0 radical (unpaired) electrons. The lowest BCUT2D eigenvalue weighted by Crippen LogP contribution is -2.17. The average Bonchev–Trinajstić information content (AvgIpc) is 2.75. The number of benzene rings is 2. The maximum atomic E-state index is 13.7. The molecule has 0 atom stereocenters. The molecule has 0 saturated carbocycles. The zero-order valence-electron chi connectivity index (χ0n) is 13.1. The number of nitrogens with one attached hydrogen (secondary N) is 1. The summed E-state index contributed by atoms with van der Waals surface area (Å²) < 4.78 is 21.4. The van der Waals surface area contributed by atoms with Gasteiger partial charge in [0.25, 0.3) is 0 Å². The van der Waals surface area contributed by atoms with Crippen molar-refractivity contribution in [3.05, 3.63) is 54.0 Å². The Hall–Kier alpha value is -2.33. The van der Waals surface area contributed by atoms with Crippen molar-refractivity contribution in [2.45, 2.75) is 13.0 Å². The summed E-state index contributed by atoms with van der Waals surface area (Å²) in [5.74, 6) is 0.439. The zero-order valence-corrected chi connectivity index (χ0v) is 13.1. The Morgan fingerprint density at radius 1 is 1.09 bits per heavy atom. The largest absolute Gasteiger partial charge is 0.496 e. The fourth-order valence-electron chi connectivity index (χ4n) is 3.39. The zero-order chi connectivity index (χ0) is 15.8. The minimum Gasteiger partial charge on any atom is -0.496 e. The van der Waals surface area contributed by atoms with E-state index < -0.39 is 0 Å². The molecule has 1 aromatic heterocycles. The van der Waals surface area contributed by atoms with Crippen LogP contribution in [0.3, 0.4) is 0 Å². The lowest BCUT2D eigenvalue weighted by atomic mass is 10.0. The lowest BCUT2D eigenvalue weighted by molar-refractivity contribution is 0.415. The molecule has 1 aliphatic heterocycles. The summed E-state index contributed by atoms with van der Waals surface area (Å²) in [5, 5.41) is 4.66. The third kappa shape index (κ3) is 2.49. The van der Waals surface area contributed by atoms with Crippen LogP contribution >= 0.6 is 0 Å². The Morgan fingerprint density at radius 2 is 2.00 bits per heavy atom. The predicted octanol–water partition coefficient (Wildman–Crippen LogP) is 3.60. The summed E-state index contributed by atoms with van der Waals surface area (Å²) in [4.78, 5) is 0. The number of fused-ring (bicyclic) bond motifs is 3. The Balaban J connectivity index is 1.89. The molecule has 1 N–H and O–H groups in total. The van der Waals surface area contributed by atoms with Crippen molar-refractivity contribution >= 4 is 10.9 Å². The van der Waals surface area contributed by atoms with Crippen molar-refractivity contribution in [1.29, 1.82) is 0 Å². The van der Waals surface area contributed by atoms with Crippen molar-refractivity contribution in [3.8, 4) is 16.9 Å². The van der Waals surface area contributed by atoms with Crippen LogP contribution in [-0.4, -0.2) is 24.8 Å². The van der Waals surface area contributed by atoms with E-state index in [4.69, 9.17) is 4.74 Å². The second-order valence-electron chi connectivity index (χ2n) is 5.91. The number of ether oxygens (including phenoxy) is 1. The van der Waals surface area contributed by atoms with Gasteiger partial charge in [-0.05, 0) is 41.3 Å². The van der Waals surface area contributed by atoms with Gasteiger partial charge in [-0.2, -0.15) is 0 Å². The van der Waals surface area contributed by atoms with Gasteiger partial charge in [-0.15, -0.1) is 0 Å². The molecule has 0 spiro atoms. The molecular formula is C19H19FN2O. The highest BCUT2D eigenvalue weighted by Gasteiger charge is 2.14. The molecule has 0 saturated heterocycles. The first-order valence-corrected chi connectivity index (χ1v) is 7.93. The van der Waals surface area contributed by atoms with Crippen LogP contribution in [0.25, 0.3) is 22.0 Å². The van der Waals surface area contributed by atoms with E-state index in [1.807, 2.05) is 6.07 Å². The van der Waals surface area contributed by atoms with Crippen molar-refractivity contribution in [1.82, 2.24) is 9.88 Å². The van der Waals surface area contributed by atoms with Crippen LogP contribution in [0.4, 0.5) is 4.39 Å². The van der Waals surface area contributed by atoms with Crippen LogP contribution in [0.1, 0.15) is 5.69 Å². The molecule has 0 fully saturated rings. The van der Waals surface area contributed by atoms with Crippen molar-refractivity contribution in [2.24, 2.45) is 0 Å². The SMILES string of the molecule is COc1ccc(F)cc1-c1ccc2cc3n(c2c1)CCNCC3. The molecule has 1 aliphatic rings. The van der Waals surface area contributed by atoms with Gasteiger partial charge in [0.05, 0.1) is 7.11 Å². The van der Waals surface area contributed by atoms with Gasteiger partial charge in [-0.1, -0.05) is 12.1 Å². The van der Waals surface area contributed by atoms with Crippen molar-refractivity contribution in [2.75, 3.05) is 20.2 Å². The molecule has 0 bridgehead atoms. The Labute approximate surface area is 134 Å². The number of halogens is 1. The smallest absolute Gasteiger partial charge is 0.126 e. The van der Waals surface area contributed by atoms with Crippen LogP contribution in [0, 0.1) is 5.82 Å². The van der Waals surface area contributed by atoms with Gasteiger partial charge in [0.15, 0.2) is 0 Å². The summed E-state index contributed by atoms with van der Waals surface area (Å²) in [6.07, 6.45) is 1.04. The molecule has 0 unspecified atom stereocenters. The van der Waals surface area contributed by atoms with E-state index in [0.717, 1.165) is 37.2 Å². The molecule has 0 amide bonds. The molecule has 118 valence electrons. The highest BCUT2D eigenvalue weighted by atomic mass is 19.1. The highest BCUT2D eigenvalue weighted by molar-refractivity contribution is 5.87. The fraction of sp³-hybridized carbons (Fsp3) is 0.263. The van der Waals surface area contributed by atoms with E-state index in [-0.39, 0.29) is 5.82 Å². The quantitative estimate of drug-likeness (QED) is 0.783. The summed E-state index contributed by atoms with van der Waals surface area (Å²) in [6.45, 7) is 2.95. The Kier molecular flexibility index (Phi) is 3.54. The monoisotopic (exact) mass is 310 g/mol. The molecule has 4 heteroatoms. The highest BCUT2D eigenvalue weighted by Crippen LogP contribution is 2.33. The maximum Gasteiger partial charge on any atom is 0.126 e. The van der Waals surface area contributed by atoms with Gasteiger partial charge in [0.1, 0.15) is 11.6 Å². The molecule has 2 heterocycles. The molecular weight excluding hydrogens is 291 g/mol. The van der Waals surface area contributed by atoms with E-state index in [1.165, 1.54) is 28.7 Å². The van der Waals surface area contributed by atoms with E-state index in [9.17, 15) is 4.39 Å². The van der Waals surface area contributed by atoms with Gasteiger partial charge >= 0.3 is 0 Å². The molecule has 4 rings (SSSR count). The van der Waals surface area contributed by atoms with Gasteiger partial charge in [0, 0.05) is 42.8 Å². The first-order chi connectivity index (χ1) is 11.3. The third-order valence-electron chi connectivity index (χ3n) is 4.53. The van der Waals surface area contributed by atoms with Gasteiger partial charge in [-0.25, -0.2) is 4.39 Å². The number of rotatable bonds is 2. The number of nitrogens with zero attached hydrogens (tertiary/aromatic N) is 1. The van der Waals surface area contributed by atoms with Crippen molar-refractivity contribution in [3.63, 3.8) is 0 Å². The number of hydrogen-bond donors (Lipinski definition) is 1. The average molecular weight is 310 g/mol. The van der Waals surface area contributed by atoms with Crippen LogP contribution in [0.2, 0.25) is 0 Å². The number of aromatic nitrogens is 1. The van der Waals surface area contributed by atoms with Gasteiger partial charge in [-0.3, -0.25) is 0 Å². The Bertz CT molecular complexity index is 869. The van der Waals surface area contributed by atoms with E-state index in [0.29, 0.717) is 5.75 Å². The summed E-state index contributed by atoms with van der Waals surface area (Å²) >= 11 is 0. The topological polar surface area (TPSA) is 26.2 Å². The minimum atomic E-state index is -0.251. The van der Waals surface area contributed by atoms with Gasteiger partial charge < -0.3 is 14.6 Å². The second-order valence-corrected chi connectivity index (χ2v) is 5.91. The normalized spacial score (nSPS) is 14.5. The van der Waals surface area contributed by atoms with E-state index in [1.54, 1.807) is 13.2 Å². The van der Waals surface area contributed by atoms with Crippen LogP contribution in [0.5, 0.6) is 5.75 Å². The van der Waals surface area contributed by atoms with E-state index >= 15 is 0 Å². The standard InChI is InChI=1S/C19H19FN2O/c1-23-19-5-4-15(20)12-17(19)13-2-3-14-10-16-6-7-21-8-9-22(16)18(14)11-13/h2-5,10-12,21H,6-9H2,1H3. The third-order valence-corrected chi connectivity index (χ3v) is 4.53. The van der Waals surface area contributed by atoms with Crippen LogP contribution < -0.4 is 10.1 Å². The van der Waals surface area contributed by atoms with E-state index in [2.05, 4.69) is 28.1 Å². The molecule has 3 nitrogen and oxygen atoms in total. The first kappa shape index (κ1) is 14.3. The molecule has 2 aromatic carbocycles. The Morgan fingerprint density at radius 3 is 2.87 bits per heavy atom. The predicted molar refractivity (Wildman–Crippen MR) is 90.5 cm³/mol. The first-order valence-electron chi connectivity index (χ1n) is 7.93. The molecule has 0 aliphatic carbocycles. The number of hydrogen-bond acceptors (Lipinski definition) is 2. The molecule has 23 heavy (non-hydrogen) atoms. The second kappa shape index (κ2) is 5.70. The van der Waals surface area contributed by atoms with Crippen LogP contribution in [0.15, 0.2) is 42.5 Å². The maximum absolute atomic E-state index is 13.7. The summed E-state index contributed by atoms with van der Waals surface area (Å²) in [7, 11) is 1.62. The van der Waals surface area contributed by atoms with Crippen LogP contribution in [-0.2, 0) is 13.0 Å².